The van der Waals surface area contributed by atoms with Crippen molar-refractivity contribution in [2.24, 2.45) is 10.9 Å². The van der Waals surface area contributed by atoms with Crippen LogP contribution in [0.1, 0.15) is 13.8 Å². The first kappa shape index (κ1) is 9.14. The van der Waals surface area contributed by atoms with Gasteiger partial charge in [0.2, 0.25) is 0 Å². The summed E-state index contributed by atoms with van der Waals surface area (Å²) >= 11 is 0. The predicted octanol–water partition coefficient (Wildman–Crippen LogP) is 0.885. The Morgan fingerprint density at radius 1 is 1.60 bits per heavy atom. The molecule has 0 aliphatic rings. The van der Waals surface area contributed by atoms with E-state index in [9.17, 15) is 4.79 Å². The molecule has 0 fully saturated rings. The van der Waals surface area contributed by atoms with Crippen LogP contribution >= 0.6 is 0 Å². The molecule has 0 saturated carbocycles. The number of hydrogen-bond acceptors (Lipinski definition) is 3. The molecule has 0 unspecified atom stereocenters. The summed E-state index contributed by atoms with van der Waals surface area (Å²) in [7, 11) is 1.35. The highest BCUT2D eigenvalue weighted by molar-refractivity contribution is 5.76. The lowest BCUT2D eigenvalue weighted by molar-refractivity contribution is -0.143. The van der Waals surface area contributed by atoms with Crippen LogP contribution in [-0.4, -0.2) is 25.8 Å². The molecule has 0 rings (SSSR count). The van der Waals surface area contributed by atoms with E-state index in [0.717, 1.165) is 0 Å². The summed E-state index contributed by atoms with van der Waals surface area (Å²) < 4.78 is 4.49. The third-order valence-corrected chi connectivity index (χ3v) is 1.27. The predicted molar refractivity (Wildman–Crippen MR) is 40.2 cm³/mol. The normalized spacial score (nSPS) is 12.8. The second-order valence-electron chi connectivity index (χ2n) is 2.39. The third-order valence-electron chi connectivity index (χ3n) is 1.27. The van der Waals surface area contributed by atoms with Crippen LogP contribution in [0.15, 0.2) is 4.99 Å². The van der Waals surface area contributed by atoms with E-state index in [-0.39, 0.29) is 11.9 Å². The summed E-state index contributed by atoms with van der Waals surface area (Å²) in [5.74, 6) is -0.157. The largest absolute Gasteiger partial charge is 0.467 e. The topological polar surface area (TPSA) is 38.7 Å². The van der Waals surface area contributed by atoms with Gasteiger partial charge in [0.15, 0.2) is 0 Å². The number of carbonyl (C=O) groups is 1. The number of esters is 1. The highest BCUT2D eigenvalue weighted by atomic mass is 16.5. The van der Waals surface area contributed by atoms with Crippen LogP contribution in [0.5, 0.6) is 0 Å². The van der Waals surface area contributed by atoms with E-state index < -0.39 is 6.04 Å². The molecule has 3 heteroatoms. The van der Waals surface area contributed by atoms with Gasteiger partial charge in [0.25, 0.3) is 0 Å². The SMILES string of the molecule is C=N[C@@H](C(=O)OC)C(C)C. The molecule has 0 amide bonds. The molecule has 58 valence electrons. The van der Waals surface area contributed by atoms with Gasteiger partial charge in [-0.3, -0.25) is 4.99 Å². The summed E-state index contributed by atoms with van der Waals surface area (Å²) in [5.41, 5.74) is 0. The molecule has 10 heavy (non-hydrogen) atoms. The molecule has 0 aromatic heterocycles. The number of aliphatic imine (C=N–C) groups is 1. The van der Waals surface area contributed by atoms with Crippen LogP contribution in [0, 0.1) is 5.92 Å². The van der Waals surface area contributed by atoms with Crippen molar-refractivity contribution in [3.8, 4) is 0 Å². The van der Waals surface area contributed by atoms with Crippen LogP contribution < -0.4 is 0 Å². The highest BCUT2D eigenvalue weighted by Gasteiger charge is 2.19. The Hall–Kier alpha value is -0.860. The number of carbonyl (C=O) groups excluding carboxylic acids is 1. The molecular weight excluding hydrogens is 130 g/mol. The van der Waals surface area contributed by atoms with E-state index in [0.29, 0.717) is 0 Å². The molecule has 0 N–H and O–H groups in total. The standard InChI is InChI=1S/C7H13NO2/c1-5(2)6(8-3)7(9)10-4/h5-6H,3H2,1-2,4H3/t6-/m1/s1. The smallest absolute Gasteiger partial charge is 0.330 e. The minimum absolute atomic E-state index is 0.157. The fourth-order valence-corrected chi connectivity index (χ4v) is 0.678. The Morgan fingerprint density at radius 3 is 2.20 bits per heavy atom. The van der Waals surface area contributed by atoms with Gasteiger partial charge in [-0.25, -0.2) is 4.79 Å². The Morgan fingerprint density at radius 2 is 2.10 bits per heavy atom. The van der Waals surface area contributed by atoms with Crippen molar-refractivity contribution in [1.82, 2.24) is 0 Å². The quantitative estimate of drug-likeness (QED) is 0.434. The first-order valence-corrected chi connectivity index (χ1v) is 3.17. The fraction of sp³-hybridized carbons (Fsp3) is 0.714. The third kappa shape index (κ3) is 2.17. The van der Waals surface area contributed by atoms with Gasteiger partial charge >= 0.3 is 5.97 Å². The van der Waals surface area contributed by atoms with Crippen LogP contribution in [0.4, 0.5) is 0 Å². The van der Waals surface area contributed by atoms with E-state index >= 15 is 0 Å². The Kier molecular flexibility index (Phi) is 3.69. The summed E-state index contributed by atoms with van der Waals surface area (Å²) in [5, 5.41) is 0. The minimum Gasteiger partial charge on any atom is -0.467 e. The number of ether oxygens (including phenoxy) is 1. The maximum Gasteiger partial charge on any atom is 0.330 e. The molecule has 0 radical (unpaired) electrons. The highest BCUT2D eigenvalue weighted by Crippen LogP contribution is 2.06. The second kappa shape index (κ2) is 4.04. The monoisotopic (exact) mass is 143 g/mol. The van der Waals surface area contributed by atoms with Crippen molar-refractivity contribution in [2.45, 2.75) is 19.9 Å². The molecule has 3 nitrogen and oxygen atoms in total. The van der Waals surface area contributed by atoms with Crippen LogP contribution in [0.2, 0.25) is 0 Å². The lowest BCUT2D eigenvalue weighted by Gasteiger charge is -2.11. The molecule has 0 aromatic rings. The number of hydrogen-bond donors (Lipinski definition) is 0. The van der Waals surface area contributed by atoms with E-state index in [1.807, 2.05) is 13.8 Å². The molecule has 0 aliphatic carbocycles. The zero-order chi connectivity index (χ0) is 8.15. The van der Waals surface area contributed by atoms with Crippen molar-refractivity contribution in [3.05, 3.63) is 0 Å². The average Bonchev–Trinajstić information content (AvgIpc) is 1.88. The average molecular weight is 143 g/mol. The van der Waals surface area contributed by atoms with Gasteiger partial charge < -0.3 is 4.74 Å². The van der Waals surface area contributed by atoms with Gasteiger partial charge in [-0.05, 0) is 12.6 Å². The zero-order valence-corrected chi connectivity index (χ0v) is 6.63. The Bertz CT molecular complexity index is 132. The molecule has 0 aliphatic heterocycles. The zero-order valence-electron chi connectivity index (χ0n) is 6.63. The summed E-state index contributed by atoms with van der Waals surface area (Å²) in [6.07, 6.45) is 0. The Labute approximate surface area is 61.1 Å². The van der Waals surface area contributed by atoms with Crippen molar-refractivity contribution < 1.29 is 9.53 Å². The number of nitrogens with zero attached hydrogens (tertiary/aromatic N) is 1. The first-order chi connectivity index (χ1) is 4.63. The van der Waals surface area contributed by atoms with Crippen molar-refractivity contribution in [1.29, 1.82) is 0 Å². The second-order valence-corrected chi connectivity index (χ2v) is 2.39. The molecule has 1 atom stereocenters. The van der Waals surface area contributed by atoms with Crippen molar-refractivity contribution >= 4 is 12.7 Å². The summed E-state index contributed by atoms with van der Waals surface area (Å²) in [6, 6.07) is -0.412. The first-order valence-electron chi connectivity index (χ1n) is 3.17. The lowest BCUT2D eigenvalue weighted by atomic mass is 10.1. The lowest BCUT2D eigenvalue weighted by Crippen LogP contribution is -2.25. The molecule has 0 spiro atoms. The van der Waals surface area contributed by atoms with Crippen molar-refractivity contribution in [2.75, 3.05) is 7.11 Å². The molecule has 0 saturated heterocycles. The van der Waals surface area contributed by atoms with Gasteiger partial charge in [0, 0.05) is 0 Å². The van der Waals surface area contributed by atoms with Gasteiger partial charge in [0.1, 0.15) is 6.04 Å². The Balaban J connectivity index is 4.06. The maximum atomic E-state index is 10.8. The molecule has 0 heterocycles. The van der Waals surface area contributed by atoms with E-state index in [2.05, 4.69) is 16.4 Å². The number of methoxy groups -OCH3 is 1. The molecular formula is C7H13NO2. The van der Waals surface area contributed by atoms with Gasteiger partial charge in [-0.1, -0.05) is 13.8 Å². The summed E-state index contributed by atoms with van der Waals surface area (Å²) in [6.45, 7) is 7.10. The van der Waals surface area contributed by atoms with E-state index in [1.165, 1.54) is 7.11 Å². The van der Waals surface area contributed by atoms with Crippen LogP contribution in [0.3, 0.4) is 0 Å². The van der Waals surface area contributed by atoms with E-state index in [1.54, 1.807) is 0 Å². The fourth-order valence-electron chi connectivity index (χ4n) is 0.678. The van der Waals surface area contributed by atoms with Gasteiger partial charge in [0.05, 0.1) is 7.11 Å². The minimum atomic E-state index is -0.412. The van der Waals surface area contributed by atoms with E-state index in [4.69, 9.17) is 0 Å². The summed E-state index contributed by atoms with van der Waals surface area (Å²) in [4.78, 5) is 14.5. The van der Waals surface area contributed by atoms with Gasteiger partial charge in [-0.15, -0.1) is 0 Å². The maximum absolute atomic E-state index is 10.8. The van der Waals surface area contributed by atoms with Gasteiger partial charge in [-0.2, -0.15) is 0 Å². The van der Waals surface area contributed by atoms with Crippen molar-refractivity contribution in [3.63, 3.8) is 0 Å². The molecule has 0 bridgehead atoms. The number of rotatable bonds is 3. The van der Waals surface area contributed by atoms with Crippen LogP contribution in [0.25, 0.3) is 0 Å². The molecule has 0 aromatic carbocycles. The van der Waals surface area contributed by atoms with Crippen LogP contribution in [-0.2, 0) is 9.53 Å².